The highest BCUT2D eigenvalue weighted by Gasteiger charge is 2.53. The maximum atomic E-state index is 14.1. The van der Waals surface area contributed by atoms with Gasteiger partial charge in [-0.1, -0.05) is 11.6 Å². The molecule has 3 nitrogen and oxygen atoms in total. The molecule has 21 heavy (non-hydrogen) atoms. The second-order valence-electron chi connectivity index (χ2n) is 5.77. The van der Waals surface area contributed by atoms with Gasteiger partial charge in [0.1, 0.15) is 11.6 Å². The summed E-state index contributed by atoms with van der Waals surface area (Å²) in [6.07, 6.45) is 0. The predicted octanol–water partition coefficient (Wildman–Crippen LogP) is 3.38. The molecule has 1 heterocycles. The van der Waals surface area contributed by atoms with Crippen molar-refractivity contribution in [3.8, 4) is 5.75 Å². The quantitative estimate of drug-likeness (QED) is 0.799. The summed E-state index contributed by atoms with van der Waals surface area (Å²) in [7, 11) is -1.15. The Morgan fingerprint density at radius 3 is 2.14 bits per heavy atom. The zero-order valence-corrected chi connectivity index (χ0v) is 12.8. The highest BCUT2D eigenvalue weighted by molar-refractivity contribution is 6.63. The molecule has 2 rings (SSSR count). The van der Waals surface area contributed by atoms with Gasteiger partial charge in [-0.2, -0.15) is 8.78 Å². The van der Waals surface area contributed by atoms with Gasteiger partial charge in [-0.25, -0.2) is 4.39 Å². The van der Waals surface area contributed by atoms with Gasteiger partial charge in [0.05, 0.1) is 16.7 Å². The summed E-state index contributed by atoms with van der Waals surface area (Å²) in [5, 5.41) is -0.0524. The summed E-state index contributed by atoms with van der Waals surface area (Å²) in [5.41, 5.74) is -1.68. The zero-order valence-electron chi connectivity index (χ0n) is 12.0. The lowest BCUT2D eigenvalue weighted by molar-refractivity contribution is -0.0493. The molecule has 1 aromatic carbocycles. The van der Waals surface area contributed by atoms with Crippen LogP contribution in [-0.4, -0.2) is 24.9 Å². The largest absolute Gasteiger partial charge is 0.501 e. The molecule has 116 valence electrons. The van der Waals surface area contributed by atoms with Gasteiger partial charge in [0.2, 0.25) is 0 Å². The van der Waals surface area contributed by atoms with E-state index in [9.17, 15) is 13.2 Å². The molecule has 0 saturated carbocycles. The standard InChI is InChI=1S/C13H15BClF3O3/c1-12(2)13(3,4)21-14(20-12)10-8(16)5-7(15)6-9(10)19-11(17)18/h5-6,11H,1-4H3. The van der Waals surface area contributed by atoms with Crippen LogP contribution in [0.25, 0.3) is 0 Å². The zero-order chi connectivity index (χ0) is 16.0. The summed E-state index contributed by atoms with van der Waals surface area (Å²) in [6.45, 7) is 3.98. The third kappa shape index (κ3) is 3.15. The molecular formula is C13H15BClF3O3. The fourth-order valence-electron chi connectivity index (χ4n) is 1.94. The molecular weight excluding hydrogens is 307 g/mol. The smallest absolute Gasteiger partial charge is 0.435 e. The molecule has 1 aromatic rings. The van der Waals surface area contributed by atoms with Crippen LogP contribution >= 0.6 is 11.6 Å². The molecule has 0 aliphatic carbocycles. The fraction of sp³-hybridized carbons (Fsp3) is 0.538. The number of halogens is 4. The van der Waals surface area contributed by atoms with Crippen LogP contribution in [0.2, 0.25) is 5.02 Å². The van der Waals surface area contributed by atoms with Crippen LogP contribution in [0.4, 0.5) is 13.2 Å². The average Bonchev–Trinajstić information content (AvgIpc) is 2.44. The molecule has 0 N–H and O–H groups in total. The summed E-state index contributed by atoms with van der Waals surface area (Å²) < 4.78 is 54.8. The number of hydrogen-bond donors (Lipinski definition) is 0. The van der Waals surface area contributed by atoms with Gasteiger partial charge >= 0.3 is 13.7 Å². The Morgan fingerprint density at radius 2 is 1.67 bits per heavy atom. The number of benzene rings is 1. The van der Waals surface area contributed by atoms with Crippen LogP contribution < -0.4 is 10.2 Å². The minimum atomic E-state index is -3.11. The Balaban J connectivity index is 2.45. The van der Waals surface area contributed by atoms with E-state index in [-0.39, 0.29) is 10.5 Å². The van der Waals surface area contributed by atoms with E-state index in [1.165, 1.54) is 0 Å². The summed E-state index contributed by atoms with van der Waals surface area (Å²) in [5.74, 6) is -1.22. The highest BCUT2D eigenvalue weighted by atomic mass is 35.5. The first kappa shape index (κ1) is 16.5. The molecule has 0 atom stereocenters. The van der Waals surface area contributed by atoms with Gasteiger partial charge in [-0.05, 0) is 39.8 Å². The number of alkyl halides is 2. The second-order valence-corrected chi connectivity index (χ2v) is 6.20. The van der Waals surface area contributed by atoms with Crippen molar-refractivity contribution < 1.29 is 27.2 Å². The first-order chi connectivity index (χ1) is 9.53. The summed E-state index contributed by atoms with van der Waals surface area (Å²) >= 11 is 5.68. The van der Waals surface area contributed by atoms with Crippen molar-refractivity contribution in [1.29, 1.82) is 0 Å². The Kier molecular flexibility index (Phi) is 4.21. The third-order valence-electron chi connectivity index (χ3n) is 3.76. The van der Waals surface area contributed by atoms with Gasteiger partial charge in [0, 0.05) is 5.02 Å². The molecule has 0 bridgehead atoms. The first-order valence-corrected chi connectivity index (χ1v) is 6.71. The van der Waals surface area contributed by atoms with E-state index < -0.39 is 36.5 Å². The van der Waals surface area contributed by atoms with Gasteiger partial charge in [0.15, 0.2) is 0 Å². The van der Waals surface area contributed by atoms with E-state index in [0.717, 1.165) is 12.1 Å². The maximum Gasteiger partial charge on any atom is 0.501 e. The molecule has 1 fully saturated rings. The first-order valence-electron chi connectivity index (χ1n) is 6.33. The minimum Gasteiger partial charge on any atom is -0.435 e. The molecule has 1 aliphatic rings. The minimum absolute atomic E-state index is 0.0524. The molecule has 0 radical (unpaired) electrons. The van der Waals surface area contributed by atoms with Crippen molar-refractivity contribution in [3.63, 3.8) is 0 Å². The second kappa shape index (κ2) is 5.37. The van der Waals surface area contributed by atoms with Gasteiger partial charge < -0.3 is 14.0 Å². The van der Waals surface area contributed by atoms with Crippen molar-refractivity contribution in [2.24, 2.45) is 0 Å². The van der Waals surface area contributed by atoms with Crippen molar-refractivity contribution in [2.75, 3.05) is 0 Å². The Morgan fingerprint density at radius 1 is 1.14 bits per heavy atom. The number of ether oxygens (including phenoxy) is 1. The molecule has 0 unspecified atom stereocenters. The molecule has 1 aliphatic heterocycles. The van der Waals surface area contributed by atoms with Gasteiger partial charge in [-0.15, -0.1) is 0 Å². The lowest BCUT2D eigenvalue weighted by atomic mass is 9.78. The van der Waals surface area contributed by atoms with Crippen molar-refractivity contribution >= 4 is 24.2 Å². The fourth-order valence-corrected chi connectivity index (χ4v) is 2.14. The van der Waals surface area contributed by atoms with Crippen LogP contribution in [0.3, 0.4) is 0 Å². The predicted molar refractivity (Wildman–Crippen MR) is 73.8 cm³/mol. The van der Waals surface area contributed by atoms with Gasteiger partial charge in [-0.3, -0.25) is 0 Å². The summed E-state index contributed by atoms with van der Waals surface area (Å²) in [6, 6.07) is 2.11. The van der Waals surface area contributed by atoms with E-state index in [1.807, 2.05) is 0 Å². The number of hydrogen-bond acceptors (Lipinski definition) is 3. The van der Waals surface area contributed by atoms with Crippen LogP contribution in [0.15, 0.2) is 12.1 Å². The van der Waals surface area contributed by atoms with Crippen molar-refractivity contribution in [3.05, 3.63) is 23.0 Å². The van der Waals surface area contributed by atoms with Crippen molar-refractivity contribution in [1.82, 2.24) is 0 Å². The number of rotatable bonds is 3. The van der Waals surface area contributed by atoms with Crippen LogP contribution in [0.1, 0.15) is 27.7 Å². The molecule has 0 spiro atoms. The van der Waals surface area contributed by atoms with Crippen molar-refractivity contribution in [2.45, 2.75) is 45.5 Å². The van der Waals surface area contributed by atoms with E-state index >= 15 is 0 Å². The van der Waals surface area contributed by atoms with E-state index in [0.29, 0.717) is 0 Å². The highest BCUT2D eigenvalue weighted by Crippen LogP contribution is 2.37. The molecule has 8 heteroatoms. The normalized spacial score (nSPS) is 20.1. The SMILES string of the molecule is CC1(C)OB(c2c(F)cc(Cl)cc2OC(F)F)OC1(C)C. The lowest BCUT2D eigenvalue weighted by Gasteiger charge is -2.32. The third-order valence-corrected chi connectivity index (χ3v) is 3.98. The monoisotopic (exact) mass is 322 g/mol. The van der Waals surface area contributed by atoms with Crippen LogP contribution in [0, 0.1) is 5.82 Å². The van der Waals surface area contributed by atoms with E-state index in [4.69, 9.17) is 20.9 Å². The maximum absolute atomic E-state index is 14.1. The topological polar surface area (TPSA) is 27.7 Å². The Labute approximate surface area is 126 Å². The lowest BCUT2D eigenvalue weighted by Crippen LogP contribution is -2.41. The molecule has 0 aromatic heterocycles. The van der Waals surface area contributed by atoms with E-state index in [1.54, 1.807) is 27.7 Å². The molecule has 0 amide bonds. The van der Waals surface area contributed by atoms with E-state index in [2.05, 4.69) is 4.74 Å². The Bertz CT molecular complexity index is 536. The molecule has 1 saturated heterocycles. The van der Waals surface area contributed by atoms with Crippen LogP contribution in [-0.2, 0) is 9.31 Å². The Hall–Kier alpha value is -0.915. The summed E-state index contributed by atoms with van der Waals surface area (Å²) in [4.78, 5) is 0. The van der Waals surface area contributed by atoms with Gasteiger partial charge in [0.25, 0.3) is 0 Å². The average molecular weight is 323 g/mol. The van der Waals surface area contributed by atoms with Crippen LogP contribution in [0.5, 0.6) is 5.75 Å².